The summed E-state index contributed by atoms with van der Waals surface area (Å²) in [6, 6.07) is 15.1. The fraction of sp³-hybridized carbons (Fsp3) is 0.278. The van der Waals surface area contributed by atoms with Gasteiger partial charge in [-0.3, -0.25) is 9.63 Å². The van der Waals surface area contributed by atoms with E-state index < -0.39 is 0 Å². The van der Waals surface area contributed by atoms with Crippen molar-refractivity contribution in [1.29, 1.82) is 0 Å². The highest BCUT2D eigenvalue weighted by Gasteiger charge is 2.11. The van der Waals surface area contributed by atoms with Gasteiger partial charge in [0.15, 0.2) is 0 Å². The SMILES string of the molecule is COc1ccc(CON(Cc2ccc(OC)cc2)C(C)=O)cc1. The third-order valence-corrected chi connectivity index (χ3v) is 3.38. The normalized spacial score (nSPS) is 10.2. The maximum absolute atomic E-state index is 11.7. The highest BCUT2D eigenvalue weighted by Crippen LogP contribution is 2.15. The van der Waals surface area contributed by atoms with E-state index >= 15 is 0 Å². The third-order valence-electron chi connectivity index (χ3n) is 3.38. The molecular weight excluding hydrogens is 294 g/mol. The van der Waals surface area contributed by atoms with Crippen LogP contribution in [-0.2, 0) is 22.8 Å². The molecule has 122 valence electrons. The van der Waals surface area contributed by atoms with Crippen LogP contribution in [-0.4, -0.2) is 25.2 Å². The summed E-state index contributed by atoms with van der Waals surface area (Å²) in [6.45, 7) is 2.19. The fourth-order valence-electron chi connectivity index (χ4n) is 2.02. The molecule has 0 aliphatic carbocycles. The predicted octanol–water partition coefficient (Wildman–Crippen LogP) is 3.18. The minimum Gasteiger partial charge on any atom is -0.497 e. The largest absolute Gasteiger partial charge is 0.497 e. The van der Waals surface area contributed by atoms with Gasteiger partial charge in [-0.25, -0.2) is 5.06 Å². The number of ether oxygens (including phenoxy) is 2. The molecule has 0 spiro atoms. The van der Waals surface area contributed by atoms with E-state index in [1.54, 1.807) is 14.2 Å². The molecule has 0 bridgehead atoms. The third kappa shape index (κ3) is 5.00. The van der Waals surface area contributed by atoms with Gasteiger partial charge in [-0.1, -0.05) is 24.3 Å². The number of hydrogen-bond donors (Lipinski definition) is 0. The van der Waals surface area contributed by atoms with Gasteiger partial charge < -0.3 is 9.47 Å². The summed E-state index contributed by atoms with van der Waals surface area (Å²) in [5.74, 6) is 1.42. The van der Waals surface area contributed by atoms with Crippen LogP contribution in [0.4, 0.5) is 0 Å². The quantitative estimate of drug-likeness (QED) is 0.736. The van der Waals surface area contributed by atoms with Gasteiger partial charge in [-0.2, -0.15) is 0 Å². The smallest absolute Gasteiger partial charge is 0.243 e. The summed E-state index contributed by atoms with van der Waals surface area (Å²) >= 11 is 0. The Morgan fingerprint density at radius 2 is 1.35 bits per heavy atom. The van der Waals surface area contributed by atoms with Crippen LogP contribution in [0.2, 0.25) is 0 Å². The Kier molecular flexibility index (Phi) is 6.00. The lowest BCUT2D eigenvalue weighted by atomic mass is 10.2. The number of hydrogen-bond acceptors (Lipinski definition) is 4. The number of methoxy groups -OCH3 is 2. The molecule has 0 aliphatic heterocycles. The van der Waals surface area contributed by atoms with Gasteiger partial charge in [0.1, 0.15) is 18.1 Å². The van der Waals surface area contributed by atoms with Crippen molar-refractivity contribution in [2.75, 3.05) is 14.2 Å². The molecule has 0 radical (unpaired) electrons. The maximum Gasteiger partial charge on any atom is 0.243 e. The zero-order chi connectivity index (χ0) is 16.7. The summed E-state index contributed by atoms with van der Waals surface area (Å²) < 4.78 is 10.2. The fourth-order valence-corrected chi connectivity index (χ4v) is 2.02. The van der Waals surface area contributed by atoms with Gasteiger partial charge in [0.25, 0.3) is 0 Å². The van der Waals surface area contributed by atoms with Gasteiger partial charge in [-0.15, -0.1) is 0 Å². The Morgan fingerprint density at radius 1 is 0.870 bits per heavy atom. The van der Waals surface area contributed by atoms with E-state index in [2.05, 4.69) is 0 Å². The Balaban J connectivity index is 1.96. The number of nitrogens with zero attached hydrogens (tertiary/aromatic N) is 1. The molecule has 0 aromatic heterocycles. The molecule has 5 nitrogen and oxygen atoms in total. The van der Waals surface area contributed by atoms with Crippen molar-refractivity contribution in [3.05, 3.63) is 59.7 Å². The lowest BCUT2D eigenvalue weighted by Gasteiger charge is -2.20. The van der Waals surface area contributed by atoms with E-state index in [1.807, 2.05) is 48.5 Å². The monoisotopic (exact) mass is 315 g/mol. The topological polar surface area (TPSA) is 48.0 Å². The van der Waals surface area contributed by atoms with E-state index in [1.165, 1.54) is 12.0 Å². The number of carbonyl (C=O) groups excluding carboxylic acids is 1. The number of carbonyl (C=O) groups is 1. The molecule has 2 aromatic carbocycles. The van der Waals surface area contributed by atoms with Crippen LogP contribution in [0.5, 0.6) is 11.5 Å². The molecule has 0 atom stereocenters. The van der Waals surface area contributed by atoms with Crippen LogP contribution in [0.25, 0.3) is 0 Å². The number of hydroxylamine groups is 2. The van der Waals surface area contributed by atoms with Crippen molar-refractivity contribution in [2.45, 2.75) is 20.1 Å². The summed E-state index contributed by atoms with van der Waals surface area (Å²) in [7, 11) is 3.24. The van der Waals surface area contributed by atoms with Crippen LogP contribution in [0, 0.1) is 0 Å². The van der Waals surface area contributed by atoms with Crippen LogP contribution in [0.3, 0.4) is 0 Å². The summed E-state index contributed by atoms with van der Waals surface area (Å²) in [5, 5.41) is 1.35. The first-order chi connectivity index (χ1) is 11.1. The molecule has 0 saturated carbocycles. The molecular formula is C18H21NO4. The van der Waals surface area contributed by atoms with Gasteiger partial charge in [0, 0.05) is 6.92 Å². The maximum atomic E-state index is 11.7. The second-order valence-corrected chi connectivity index (χ2v) is 5.03. The van der Waals surface area contributed by atoms with Crippen molar-refractivity contribution in [2.24, 2.45) is 0 Å². The lowest BCUT2D eigenvalue weighted by molar-refractivity contribution is -0.193. The first-order valence-corrected chi connectivity index (χ1v) is 7.29. The van der Waals surface area contributed by atoms with Gasteiger partial charge in [0.2, 0.25) is 5.91 Å². The second-order valence-electron chi connectivity index (χ2n) is 5.03. The Labute approximate surface area is 136 Å². The molecule has 0 saturated heterocycles. The molecule has 0 heterocycles. The molecule has 5 heteroatoms. The minimum absolute atomic E-state index is 0.144. The van der Waals surface area contributed by atoms with Gasteiger partial charge in [-0.05, 0) is 35.4 Å². The van der Waals surface area contributed by atoms with Crippen LogP contribution in [0.1, 0.15) is 18.1 Å². The molecule has 23 heavy (non-hydrogen) atoms. The van der Waals surface area contributed by atoms with Crippen LogP contribution < -0.4 is 9.47 Å². The van der Waals surface area contributed by atoms with Crippen molar-refractivity contribution in [1.82, 2.24) is 5.06 Å². The number of amides is 1. The van der Waals surface area contributed by atoms with Crippen molar-refractivity contribution in [3.8, 4) is 11.5 Å². The van der Waals surface area contributed by atoms with Crippen LogP contribution >= 0.6 is 0 Å². The Bertz CT molecular complexity index is 622. The van der Waals surface area contributed by atoms with E-state index in [0.717, 1.165) is 22.6 Å². The van der Waals surface area contributed by atoms with Crippen molar-refractivity contribution in [3.63, 3.8) is 0 Å². The molecule has 2 rings (SSSR count). The highest BCUT2D eigenvalue weighted by molar-refractivity contribution is 5.72. The molecule has 2 aromatic rings. The summed E-state index contributed by atoms with van der Waals surface area (Å²) in [4.78, 5) is 17.4. The predicted molar refractivity (Wildman–Crippen MR) is 87.0 cm³/mol. The molecule has 0 aliphatic rings. The first kappa shape index (κ1) is 16.8. The molecule has 0 unspecified atom stereocenters. The zero-order valence-corrected chi connectivity index (χ0v) is 13.6. The standard InChI is InChI=1S/C18H21NO4/c1-14(20)19(12-15-4-8-17(21-2)9-5-15)23-13-16-6-10-18(22-3)11-7-16/h4-11H,12-13H2,1-3H3. The first-order valence-electron chi connectivity index (χ1n) is 7.29. The van der Waals surface area contributed by atoms with E-state index in [0.29, 0.717) is 13.2 Å². The van der Waals surface area contributed by atoms with Gasteiger partial charge >= 0.3 is 0 Å². The minimum atomic E-state index is -0.144. The average molecular weight is 315 g/mol. The summed E-state index contributed by atoms with van der Waals surface area (Å²) in [5.41, 5.74) is 1.93. The zero-order valence-electron chi connectivity index (χ0n) is 13.6. The lowest BCUT2D eigenvalue weighted by Crippen LogP contribution is -2.28. The average Bonchev–Trinajstić information content (AvgIpc) is 2.59. The van der Waals surface area contributed by atoms with Crippen molar-refractivity contribution < 1.29 is 19.1 Å². The Morgan fingerprint density at radius 3 is 1.78 bits per heavy atom. The van der Waals surface area contributed by atoms with E-state index in [9.17, 15) is 4.79 Å². The Hall–Kier alpha value is -2.53. The van der Waals surface area contributed by atoms with Crippen LogP contribution in [0.15, 0.2) is 48.5 Å². The number of benzene rings is 2. The highest BCUT2D eigenvalue weighted by atomic mass is 16.7. The second kappa shape index (κ2) is 8.19. The molecule has 0 fully saturated rings. The number of rotatable bonds is 7. The van der Waals surface area contributed by atoms with E-state index in [4.69, 9.17) is 14.3 Å². The van der Waals surface area contributed by atoms with Crippen molar-refractivity contribution >= 4 is 5.91 Å². The summed E-state index contributed by atoms with van der Waals surface area (Å²) in [6.07, 6.45) is 0. The molecule has 1 amide bonds. The van der Waals surface area contributed by atoms with Gasteiger partial charge in [0.05, 0.1) is 20.8 Å². The van der Waals surface area contributed by atoms with E-state index in [-0.39, 0.29) is 5.91 Å². The molecule has 0 N–H and O–H groups in total.